The number of halogens is 1. The number of rotatable bonds is 5. The number of hydrogen-bond donors (Lipinski definition) is 0. The van der Waals surface area contributed by atoms with Crippen LogP contribution >= 0.6 is 12.2 Å². The van der Waals surface area contributed by atoms with Crippen LogP contribution in [0.2, 0.25) is 0 Å². The molecule has 3 aromatic rings. The Hall–Kier alpha value is -2.38. The highest BCUT2D eigenvalue weighted by Gasteiger charge is 2.11. The van der Waals surface area contributed by atoms with Crippen molar-refractivity contribution in [3.8, 4) is 11.4 Å². The molecular formula is C17H18FN5S. The zero-order valence-corrected chi connectivity index (χ0v) is 14.4. The van der Waals surface area contributed by atoms with Crippen LogP contribution < -0.4 is 0 Å². The van der Waals surface area contributed by atoms with Gasteiger partial charge in [-0.15, -0.1) is 0 Å². The van der Waals surface area contributed by atoms with Gasteiger partial charge < -0.3 is 4.57 Å². The molecule has 0 saturated heterocycles. The Balaban J connectivity index is 1.78. The normalized spacial score (nSPS) is 11.2. The van der Waals surface area contributed by atoms with Crippen LogP contribution in [0.1, 0.15) is 5.56 Å². The summed E-state index contributed by atoms with van der Waals surface area (Å²) >= 11 is 5.48. The summed E-state index contributed by atoms with van der Waals surface area (Å²) in [6.07, 6.45) is 3.50. The first-order chi connectivity index (χ1) is 11.5. The number of hydrogen-bond acceptors (Lipinski definition) is 4. The van der Waals surface area contributed by atoms with Gasteiger partial charge >= 0.3 is 0 Å². The number of pyridine rings is 1. The van der Waals surface area contributed by atoms with E-state index in [9.17, 15) is 4.39 Å². The van der Waals surface area contributed by atoms with E-state index in [2.05, 4.69) is 15.0 Å². The van der Waals surface area contributed by atoms with E-state index in [1.54, 1.807) is 29.2 Å². The molecule has 3 rings (SSSR count). The summed E-state index contributed by atoms with van der Waals surface area (Å²) in [5, 5.41) is 4.61. The van der Waals surface area contributed by atoms with Crippen LogP contribution in [-0.2, 0) is 20.3 Å². The first kappa shape index (κ1) is 16.5. The second-order valence-electron chi connectivity index (χ2n) is 5.69. The van der Waals surface area contributed by atoms with Crippen molar-refractivity contribution in [2.45, 2.75) is 13.2 Å². The van der Waals surface area contributed by atoms with E-state index in [4.69, 9.17) is 12.2 Å². The topological polar surface area (TPSA) is 38.9 Å². The fraction of sp³-hybridized carbons (Fsp3) is 0.235. The van der Waals surface area contributed by atoms with Crippen LogP contribution in [0, 0.1) is 10.6 Å². The molecule has 24 heavy (non-hydrogen) atoms. The van der Waals surface area contributed by atoms with Crippen molar-refractivity contribution >= 4 is 12.2 Å². The average molecular weight is 343 g/mol. The summed E-state index contributed by atoms with van der Waals surface area (Å²) in [7, 11) is 3.87. The molecule has 0 aliphatic heterocycles. The number of aromatic nitrogens is 4. The summed E-state index contributed by atoms with van der Waals surface area (Å²) in [4.78, 5) is 6.20. The lowest BCUT2D eigenvalue weighted by atomic mass is 10.2. The van der Waals surface area contributed by atoms with Gasteiger partial charge in [0.2, 0.25) is 0 Å². The first-order valence-corrected chi connectivity index (χ1v) is 7.92. The van der Waals surface area contributed by atoms with Crippen LogP contribution in [0.5, 0.6) is 0 Å². The summed E-state index contributed by atoms with van der Waals surface area (Å²) in [6.45, 7) is 1.23. The van der Waals surface area contributed by atoms with E-state index in [1.807, 2.05) is 30.8 Å². The van der Waals surface area contributed by atoms with Crippen molar-refractivity contribution in [2.24, 2.45) is 7.05 Å². The highest BCUT2D eigenvalue weighted by Crippen LogP contribution is 2.16. The van der Waals surface area contributed by atoms with Gasteiger partial charge in [-0.2, -0.15) is 5.10 Å². The molecule has 124 valence electrons. The van der Waals surface area contributed by atoms with Crippen molar-refractivity contribution in [3.63, 3.8) is 0 Å². The lowest BCUT2D eigenvalue weighted by Crippen LogP contribution is -2.22. The smallest absolute Gasteiger partial charge is 0.199 e. The predicted molar refractivity (Wildman–Crippen MR) is 93.1 cm³/mol. The molecule has 0 radical (unpaired) electrons. The van der Waals surface area contributed by atoms with Gasteiger partial charge in [0.25, 0.3) is 0 Å². The molecule has 0 spiro atoms. The first-order valence-electron chi connectivity index (χ1n) is 7.52. The van der Waals surface area contributed by atoms with E-state index in [0.717, 1.165) is 17.0 Å². The summed E-state index contributed by atoms with van der Waals surface area (Å²) in [6, 6.07) is 10.3. The van der Waals surface area contributed by atoms with Crippen LogP contribution in [-0.4, -0.2) is 31.3 Å². The summed E-state index contributed by atoms with van der Waals surface area (Å²) < 4.78 is 17.3. The molecular weight excluding hydrogens is 325 g/mol. The quantitative estimate of drug-likeness (QED) is 0.667. The Morgan fingerprint density at radius 1 is 1.21 bits per heavy atom. The van der Waals surface area contributed by atoms with Gasteiger partial charge in [-0.3, -0.25) is 9.88 Å². The van der Waals surface area contributed by atoms with Gasteiger partial charge in [-0.1, -0.05) is 12.1 Å². The highest BCUT2D eigenvalue weighted by atomic mass is 32.1. The third-order valence-corrected chi connectivity index (χ3v) is 4.19. The Kier molecular flexibility index (Phi) is 4.82. The molecule has 5 nitrogen and oxygen atoms in total. The molecule has 7 heteroatoms. The van der Waals surface area contributed by atoms with Crippen LogP contribution in [0.15, 0.2) is 48.8 Å². The highest BCUT2D eigenvalue weighted by molar-refractivity contribution is 7.71. The van der Waals surface area contributed by atoms with Crippen molar-refractivity contribution in [2.75, 3.05) is 7.05 Å². The van der Waals surface area contributed by atoms with Crippen LogP contribution in [0.3, 0.4) is 0 Å². The third kappa shape index (κ3) is 3.58. The Morgan fingerprint density at radius 3 is 2.62 bits per heavy atom. The SMILES string of the molecule is CN(Cc1ccc(F)cc1)Cn1nc(-c2cccnc2)n(C)c1=S. The van der Waals surface area contributed by atoms with Crippen molar-refractivity contribution in [1.29, 1.82) is 0 Å². The lowest BCUT2D eigenvalue weighted by Gasteiger charge is -2.16. The van der Waals surface area contributed by atoms with Crippen LogP contribution in [0.25, 0.3) is 11.4 Å². The molecule has 2 aromatic heterocycles. The fourth-order valence-electron chi connectivity index (χ4n) is 2.51. The molecule has 0 atom stereocenters. The minimum atomic E-state index is -0.227. The molecule has 0 amide bonds. The van der Waals surface area contributed by atoms with E-state index in [0.29, 0.717) is 18.0 Å². The van der Waals surface area contributed by atoms with Gasteiger partial charge in [0.1, 0.15) is 5.82 Å². The Morgan fingerprint density at radius 2 is 1.96 bits per heavy atom. The number of benzene rings is 1. The van der Waals surface area contributed by atoms with Crippen molar-refractivity contribution in [1.82, 2.24) is 24.2 Å². The predicted octanol–water partition coefficient (Wildman–Crippen LogP) is 3.24. The van der Waals surface area contributed by atoms with Gasteiger partial charge in [-0.05, 0) is 49.1 Å². The molecule has 2 heterocycles. The molecule has 0 unspecified atom stereocenters. The van der Waals surface area contributed by atoms with E-state index >= 15 is 0 Å². The fourth-order valence-corrected chi connectivity index (χ4v) is 2.69. The maximum absolute atomic E-state index is 13.0. The molecule has 0 N–H and O–H groups in total. The van der Waals surface area contributed by atoms with Crippen molar-refractivity contribution in [3.05, 3.63) is 64.9 Å². The molecule has 0 saturated carbocycles. The maximum Gasteiger partial charge on any atom is 0.199 e. The van der Waals surface area contributed by atoms with Gasteiger partial charge in [-0.25, -0.2) is 9.07 Å². The van der Waals surface area contributed by atoms with Crippen molar-refractivity contribution < 1.29 is 4.39 Å². The lowest BCUT2D eigenvalue weighted by molar-refractivity contribution is 0.244. The zero-order valence-electron chi connectivity index (χ0n) is 13.6. The minimum absolute atomic E-state index is 0.227. The van der Waals surface area contributed by atoms with E-state index in [-0.39, 0.29) is 5.82 Å². The Bertz CT molecular complexity index is 870. The van der Waals surface area contributed by atoms with Gasteiger partial charge in [0, 0.05) is 31.5 Å². The van der Waals surface area contributed by atoms with Crippen LogP contribution in [0.4, 0.5) is 4.39 Å². The molecule has 0 aliphatic carbocycles. The average Bonchev–Trinajstić information content (AvgIpc) is 2.86. The largest absolute Gasteiger partial charge is 0.303 e. The second kappa shape index (κ2) is 7.02. The minimum Gasteiger partial charge on any atom is -0.303 e. The summed E-state index contributed by atoms with van der Waals surface area (Å²) in [5.74, 6) is 0.553. The Labute approximate surface area is 145 Å². The van der Waals surface area contributed by atoms with Gasteiger partial charge in [0.15, 0.2) is 10.6 Å². The third-order valence-electron chi connectivity index (χ3n) is 3.70. The monoisotopic (exact) mass is 343 g/mol. The molecule has 0 aliphatic rings. The maximum atomic E-state index is 13.0. The van der Waals surface area contributed by atoms with E-state index in [1.165, 1.54) is 12.1 Å². The molecule has 0 fully saturated rings. The zero-order chi connectivity index (χ0) is 17.1. The van der Waals surface area contributed by atoms with E-state index < -0.39 is 0 Å². The summed E-state index contributed by atoms with van der Waals surface area (Å²) in [5.41, 5.74) is 1.96. The van der Waals surface area contributed by atoms with Gasteiger partial charge in [0.05, 0.1) is 6.67 Å². The standard InChI is InChI=1S/C17H18FN5S/c1-21(11-13-5-7-15(18)8-6-13)12-23-17(24)22(2)16(20-23)14-4-3-9-19-10-14/h3-10H,11-12H2,1-2H3. The number of nitrogens with zero attached hydrogens (tertiary/aromatic N) is 5. The molecule has 1 aromatic carbocycles. The molecule has 0 bridgehead atoms. The second-order valence-corrected chi connectivity index (χ2v) is 6.05.